The van der Waals surface area contributed by atoms with Gasteiger partial charge < -0.3 is 9.47 Å². The molecule has 0 spiro atoms. The summed E-state index contributed by atoms with van der Waals surface area (Å²) in [4.78, 5) is 0. The Morgan fingerprint density at radius 1 is 0.913 bits per heavy atom. The molecule has 0 aromatic rings. The molecular weight excluding hydrogens is 286 g/mol. The minimum absolute atomic E-state index is 0.0763. The molecule has 2 saturated carbocycles. The van der Waals surface area contributed by atoms with E-state index in [1.54, 1.807) is 0 Å². The standard InChI is InChI=1S/C20H35NO2/c1-3-5-17-6-8-18(9-7-17)22-16-23-19-10-13-20(15-21,12-4-2)14-11-19/h17-19H,3-14,16H2,1-2H3. The molecule has 0 saturated heterocycles. The second-order valence-corrected chi connectivity index (χ2v) is 7.72. The lowest BCUT2D eigenvalue weighted by Crippen LogP contribution is -2.31. The van der Waals surface area contributed by atoms with E-state index in [0.717, 1.165) is 44.4 Å². The Balaban J connectivity index is 1.59. The molecule has 0 heterocycles. The highest BCUT2D eigenvalue weighted by atomic mass is 16.7. The van der Waals surface area contributed by atoms with E-state index in [1.807, 2.05) is 0 Å². The molecule has 0 atom stereocenters. The van der Waals surface area contributed by atoms with Crippen LogP contribution >= 0.6 is 0 Å². The highest BCUT2D eigenvalue weighted by molar-refractivity contribution is 5.01. The summed E-state index contributed by atoms with van der Waals surface area (Å²) in [5, 5.41) is 9.45. The van der Waals surface area contributed by atoms with Gasteiger partial charge in [-0.05, 0) is 63.7 Å². The third-order valence-corrected chi connectivity index (χ3v) is 5.95. The summed E-state index contributed by atoms with van der Waals surface area (Å²) in [6.07, 6.45) is 14.6. The fraction of sp³-hybridized carbons (Fsp3) is 0.950. The summed E-state index contributed by atoms with van der Waals surface area (Å²) in [5.41, 5.74) is -0.0763. The van der Waals surface area contributed by atoms with Crippen molar-refractivity contribution in [3.63, 3.8) is 0 Å². The summed E-state index contributed by atoms with van der Waals surface area (Å²) in [7, 11) is 0. The van der Waals surface area contributed by atoms with Crippen molar-refractivity contribution in [2.24, 2.45) is 11.3 Å². The largest absolute Gasteiger partial charge is 0.352 e. The second-order valence-electron chi connectivity index (χ2n) is 7.72. The topological polar surface area (TPSA) is 42.2 Å². The first-order valence-corrected chi connectivity index (χ1v) is 9.85. The fourth-order valence-corrected chi connectivity index (χ4v) is 4.43. The molecule has 0 N–H and O–H groups in total. The molecule has 23 heavy (non-hydrogen) atoms. The average molecular weight is 322 g/mol. The number of rotatable bonds is 8. The summed E-state index contributed by atoms with van der Waals surface area (Å²) < 4.78 is 11.9. The van der Waals surface area contributed by atoms with Gasteiger partial charge in [-0.15, -0.1) is 0 Å². The van der Waals surface area contributed by atoms with Gasteiger partial charge in [-0.25, -0.2) is 0 Å². The van der Waals surface area contributed by atoms with E-state index in [2.05, 4.69) is 19.9 Å². The SMILES string of the molecule is CCCC1CCC(OCOC2CCC(C#N)(CCC)CC2)CC1. The van der Waals surface area contributed by atoms with Gasteiger partial charge in [-0.2, -0.15) is 5.26 Å². The number of nitrogens with zero attached hydrogens (tertiary/aromatic N) is 1. The quantitative estimate of drug-likeness (QED) is 0.547. The number of hydrogen-bond acceptors (Lipinski definition) is 3. The van der Waals surface area contributed by atoms with Crippen LogP contribution in [0, 0.1) is 22.7 Å². The first-order valence-electron chi connectivity index (χ1n) is 9.85. The van der Waals surface area contributed by atoms with Crippen molar-refractivity contribution in [2.45, 2.75) is 103 Å². The minimum Gasteiger partial charge on any atom is -0.352 e. The molecule has 3 nitrogen and oxygen atoms in total. The monoisotopic (exact) mass is 321 g/mol. The third kappa shape index (κ3) is 5.76. The van der Waals surface area contributed by atoms with Crippen molar-refractivity contribution in [2.75, 3.05) is 6.79 Å². The zero-order chi connectivity index (χ0) is 16.5. The molecule has 0 aromatic heterocycles. The van der Waals surface area contributed by atoms with Crippen molar-refractivity contribution in [3.8, 4) is 6.07 Å². The van der Waals surface area contributed by atoms with E-state index >= 15 is 0 Å². The number of ether oxygens (including phenoxy) is 2. The zero-order valence-corrected chi connectivity index (χ0v) is 15.2. The Hall–Kier alpha value is -0.590. The molecule has 2 aliphatic rings. The molecule has 2 rings (SSSR count). The predicted octanol–water partition coefficient (Wildman–Crippen LogP) is 5.59. The van der Waals surface area contributed by atoms with E-state index in [9.17, 15) is 5.26 Å². The first kappa shape index (κ1) is 18.7. The van der Waals surface area contributed by atoms with Crippen LogP contribution in [-0.2, 0) is 9.47 Å². The summed E-state index contributed by atoms with van der Waals surface area (Å²) >= 11 is 0. The van der Waals surface area contributed by atoms with Crippen molar-refractivity contribution in [1.82, 2.24) is 0 Å². The fourth-order valence-electron chi connectivity index (χ4n) is 4.43. The van der Waals surface area contributed by atoms with E-state index in [-0.39, 0.29) is 5.41 Å². The van der Waals surface area contributed by atoms with E-state index in [1.165, 1.54) is 38.5 Å². The van der Waals surface area contributed by atoms with Gasteiger partial charge in [0.2, 0.25) is 0 Å². The van der Waals surface area contributed by atoms with Crippen LogP contribution in [0.5, 0.6) is 0 Å². The van der Waals surface area contributed by atoms with Gasteiger partial charge in [0.15, 0.2) is 0 Å². The Kier molecular flexibility index (Phi) is 7.86. The zero-order valence-electron chi connectivity index (χ0n) is 15.2. The van der Waals surface area contributed by atoms with Crippen LogP contribution < -0.4 is 0 Å². The summed E-state index contributed by atoms with van der Waals surface area (Å²) in [6, 6.07) is 2.57. The molecule has 0 aliphatic heterocycles. The van der Waals surface area contributed by atoms with Crippen LogP contribution in [0.1, 0.15) is 90.9 Å². The van der Waals surface area contributed by atoms with E-state index < -0.39 is 0 Å². The molecule has 0 radical (unpaired) electrons. The summed E-state index contributed by atoms with van der Waals surface area (Å²) in [6.45, 7) is 4.90. The molecule has 0 amide bonds. The lowest BCUT2D eigenvalue weighted by molar-refractivity contribution is -0.137. The van der Waals surface area contributed by atoms with Gasteiger partial charge in [-0.1, -0.05) is 33.1 Å². The Bertz CT molecular complexity index is 360. The van der Waals surface area contributed by atoms with E-state index in [0.29, 0.717) is 19.0 Å². The maximum atomic E-state index is 9.45. The average Bonchev–Trinajstić information content (AvgIpc) is 2.59. The van der Waals surface area contributed by atoms with Crippen LogP contribution in [-0.4, -0.2) is 19.0 Å². The van der Waals surface area contributed by atoms with Crippen LogP contribution in [0.3, 0.4) is 0 Å². The van der Waals surface area contributed by atoms with Crippen LogP contribution in [0.2, 0.25) is 0 Å². The lowest BCUT2D eigenvalue weighted by Gasteiger charge is -2.35. The van der Waals surface area contributed by atoms with Crippen LogP contribution in [0.4, 0.5) is 0 Å². The second kappa shape index (κ2) is 9.64. The van der Waals surface area contributed by atoms with Crippen molar-refractivity contribution in [1.29, 1.82) is 5.26 Å². The molecule has 132 valence electrons. The number of nitriles is 1. The Labute approximate surface area is 142 Å². The van der Waals surface area contributed by atoms with Gasteiger partial charge in [0.1, 0.15) is 6.79 Å². The van der Waals surface area contributed by atoms with Gasteiger partial charge in [0.25, 0.3) is 0 Å². The van der Waals surface area contributed by atoms with Crippen molar-refractivity contribution in [3.05, 3.63) is 0 Å². The van der Waals surface area contributed by atoms with Gasteiger partial charge in [-0.3, -0.25) is 0 Å². The maximum Gasteiger partial charge on any atom is 0.147 e. The van der Waals surface area contributed by atoms with Crippen LogP contribution in [0.15, 0.2) is 0 Å². The van der Waals surface area contributed by atoms with Gasteiger partial charge in [0, 0.05) is 0 Å². The molecular formula is C20H35NO2. The van der Waals surface area contributed by atoms with Gasteiger partial charge in [0.05, 0.1) is 23.7 Å². The summed E-state index contributed by atoms with van der Waals surface area (Å²) in [5.74, 6) is 0.928. The molecule has 0 unspecified atom stereocenters. The smallest absolute Gasteiger partial charge is 0.147 e. The lowest BCUT2D eigenvalue weighted by atomic mass is 9.71. The maximum absolute atomic E-state index is 9.45. The van der Waals surface area contributed by atoms with Crippen LogP contribution in [0.25, 0.3) is 0 Å². The van der Waals surface area contributed by atoms with Gasteiger partial charge >= 0.3 is 0 Å². The predicted molar refractivity (Wildman–Crippen MR) is 92.9 cm³/mol. The van der Waals surface area contributed by atoms with Crippen molar-refractivity contribution < 1.29 is 9.47 Å². The highest BCUT2D eigenvalue weighted by Gasteiger charge is 2.35. The first-order chi connectivity index (χ1) is 11.2. The normalized spacial score (nSPS) is 34.9. The highest BCUT2D eigenvalue weighted by Crippen LogP contribution is 2.40. The third-order valence-electron chi connectivity index (χ3n) is 5.95. The minimum atomic E-state index is -0.0763. The molecule has 2 fully saturated rings. The van der Waals surface area contributed by atoms with Crippen molar-refractivity contribution >= 4 is 0 Å². The molecule has 2 aliphatic carbocycles. The Morgan fingerprint density at radius 3 is 2.04 bits per heavy atom. The molecule has 0 aromatic carbocycles. The molecule has 0 bridgehead atoms. The number of hydrogen-bond donors (Lipinski definition) is 0. The van der Waals surface area contributed by atoms with E-state index in [4.69, 9.17) is 9.47 Å². The Morgan fingerprint density at radius 2 is 1.52 bits per heavy atom. The molecule has 3 heteroatoms.